The van der Waals surface area contributed by atoms with Gasteiger partial charge in [-0.2, -0.15) is 0 Å². The van der Waals surface area contributed by atoms with Crippen LogP contribution in [-0.4, -0.2) is 18.3 Å². The summed E-state index contributed by atoms with van der Waals surface area (Å²) in [5.74, 6) is 0.989. The minimum Gasteiger partial charge on any atom is -0.490 e. The summed E-state index contributed by atoms with van der Waals surface area (Å²) in [5.41, 5.74) is 1.34. The van der Waals surface area contributed by atoms with Crippen molar-refractivity contribution in [2.45, 2.75) is 63.6 Å². The van der Waals surface area contributed by atoms with E-state index in [1.54, 1.807) is 0 Å². The second kappa shape index (κ2) is 6.07. The van der Waals surface area contributed by atoms with Crippen LogP contribution in [0.1, 0.15) is 50.5 Å². The molecule has 1 aliphatic carbocycles. The first-order chi connectivity index (χ1) is 9.67. The van der Waals surface area contributed by atoms with Crippen molar-refractivity contribution in [2.24, 2.45) is 0 Å². The first kappa shape index (κ1) is 14.4. The van der Waals surface area contributed by atoms with Crippen LogP contribution in [0.25, 0.3) is 0 Å². The van der Waals surface area contributed by atoms with E-state index in [0.717, 1.165) is 29.7 Å². The molecule has 1 unspecified atom stereocenters. The van der Waals surface area contributed by atoms with Gasteiger partial charge < -0.3 is 9.47 Å². The third-order valence-corrected chi connectivity index (χ3v) is 5.53. The quantitative estimate of drug-likeness (QED) is 0.753. The van der Waals surface area contributed by atoms with Crippen LogP contribution in [0.4, 0.5) is 0 Å². The van der Waals surface area contributed by atoms with Crippen LogP contribution in [-0.2, 0) is 4.74 Å². The minimum absolute atomic E-state index is 0.117. The average Bonchev–Trinajstić information content (AvgIpc) is 2.44. The predicted octanol–water partition coefficient (Wildman–Crippen LogP) is 5.02. The highest BCUT2D eigenvalue weighted by Crippen LogP contribution is 2.39. The van der Waals surface area contributed by atoms with Crippen LogP contribution in [0.2, 0.25) is 0 Å². The molecule has 1 saturated heterocycles. The van der Waals surface area contributed by atoms with Gasteiger partial charge in [0.1, 0.15) is 11.9 Å². The lowest BCUT2D eigenvalue weighted by Crippen LogP contribution is -2.45. The number of hydrogen-bond acceptors (Lipinski definition) is 2. The second-order valence-corrected chi connectivity index (χ2v) is 7.09. The molecule has 1 heterocycles. The third kappa shape index (κ3) is 3.20. The fourth-order valence-corrected chi connectivity index (χ4v) is 3.76. The van der Waals surface area contributed by atoms with Gasteiger partial charge in [0.25, 0.3) is 0 Å². The Labute approximate surface area is 130 Å². The second-order valence-electron chi connectivity index (χ2n) is 6.24. The van der Waals surface area contributed by atoms with Gasteiger partial charge in [0.15, 0.2) is 0 Å². The van der Waals surface area contributed by atoms with Gasteiger partial charge in [0.05, 0.1) is 12.2 Å². The Morgan fingerprint density at radius 2 is 2.05 bits per heavy atom. The van der Waals surface area contributed by atoms with Crippen molar-refractivity contribution >= 4 is 15.9 Å². The fourth-order valence-electron chi connectivity index (χ4n) is 3.51. The molecule has 2 fully saturated rings. The normalized spacial score (nSPS) is 25.6. The molecular weight excluding hydrogens is 316 g/mol. The maximum atomic E-state index is 6.22. The zero-order chi connectivity index (χ0) is 14.0. The lowest BCUT2D eigenvalue weighted by atomic mass is 9.79. The SMILES string of the molecule is Cc1cc(OC2CCOC3(CCCCC3)C2)ccc1Br. The minimum atomic E-state index is 0.117. The smallest absolute Gasteiger partial charge is 0.120 e. The Kier molecular flexibility index (Phi) is 4.37. The number of halogens is 1. The van der Waals surface area contributed by atoms with E-state index >= 15 is 0 Å². The van der Waals surface area contributed by atoms with Gasteiger partial charge in [0, 0.05) is 17.3 Å². The van der Waals surface area contributed by atoms with Crippen LogP contribution in [0, 0.1) is 6.92 Å². The molecule has 3 rings (SSSR count). The van der Waals surface area contributed by atoms with Gasteiger partial charge in [-0.3, -0.25) is 0 Å². The molecular formula is C17H23BrO2. The number of ether oxygens (including phenoxy) is 2. The number of benzene rings is 1. The molecule has 1 spiro atoms. The van der Waals surface area contributed by atoms with Crippen molar-refractivity contribution in [2.75, 3.05) is 6.61 Å². The third-order valence-electron chi connectivity index (χ3n) is 4.64. The summed E-state index contributed by atoms with van der Waals surface area (Å²) < 4.78 is 13.5. The first-order valence-electron chi connectivity index (χ1n) is 7.74. The Morgan fingerprint density at radius 1 is 1.25 bits per heavy atom. The fraction of sp³-hybridized carbons (Fsp3) is 0.647. The molecule has 1 aliphatic heterocycles. The highest BCUT2D eigenvalue weighted by atomic mass is 79.9. The van der Waals surface area contributed by atoms with E-state index in [1.807, 2.05) is 0 Å². The monoisotopic (exact) mass is 338 g/mol. The number of aryl methyl sites for hydroxylation is 1. The molecule has 3 heteroatoms. The standard InChI is InChI=1S/C17H23BrO2/c1-13-11-14(5-6-16(13)18)20-15-7-10-19-17(12-15)8-3-2-4-9-17/h5-6,11,15H,2-4,7-10,12H2,1H3. The van der Waals surface area contributed by atoms with Gasteiger partial charge >= 0.3 is 0 Å². The van der Waals surface area contributed by atoms with Gasteiger partial charge in [0.2, 0.25) is 0 Å². The maximum Gasteiger partial charge on any atom is 0.120 e. The molecule has 1 aromatic carbocycles. The topological polar surface area (TPSA) is 18.5 Å². The van der Waals surface area contributed by atoms with Gasteiger partial charge in [-0.1, -0.05) is 35.2 Å². The van der Waals surface area contributed by atoms with Crippen molar-refractivity contribution < 1.29 is 9.47 Å². The Balaban J connectivity index is 1.66. The largest absolute Gasteiger partial charge is 0.490 e. The maximum absolute atomic E-state index is 6.22. The molecule has 1 aromatic rings. The molecule has 1 saturated carbocycles. The van der Waals surface area contributed by atoms with E-state index < -0.39 is 0 Å². The van der Waals surface area contributed by atoms with Crippen molar-refractivity contribution in [3.05, 3.63) is 28.2 Å². The Bertz CT molecular complexity index is 461. The molecule has 0 aromatic heterocycles. The summed E-state index contributed by atoms with van der Waals surface area (Å²) in [4.78, 5) is 0. The van der Waals surface area contributed by atoms with E-state index in [1.165, 1.54) is 37.7 Å². The zero-order valence-corrected chi connectivity index (χ0v) is 13.7. The van der Waals surface area contributed by atoms with Crippen LogP contribution < -0.4 is 4.74 Å². The zero-order valence-electron chi connectivity index (χ0n) is 12.2. The summed E-state index contributed by atoms with van der Waals surface area (Å²) >= 11 is 3.54. The highest BCUT2D eigenvalue weighted by Gasteiger charge is 2.39. The van der Waals surface area contributed by atoms with Gasteiger partial charge in [-0.05, 0) is 43.5 Å². The van der Waals surface area contributed by atoms with Crippen LogP contribution >= 0.6 is 15.9 Å². The molecule has 0 amide bonds. The van der Waals surface area contributed by atoms with Crippen molar-refractivity contribution in [3.8, 4) is 5.75 Å². The van der Waals surface area contributed by atoms with E-state index in [2.05, 4.69) is 41.1 Å². The first-order valence-corrected chi connectivity index (χ1v) is 8.53. The van der Waals surface area contributed by atoms with E-state index in [4.69, 9.17) is 9.47 Å². The summed E-state index contributed by atoms with van der Waals surface area (Å²) in [6.07, 6.45) is 8.79. The van der Waals surface area contributed by atoms with Gasteiger partial charge in [-0.25, -0.2) is 0 Å². The Morgan fingerprint density at radius 3 is 2.80 bits per heavy atom. The van der Waals surface area contributed by atoms with Crippen molar-refractivity contribution in [1.82, 2.24) is 0 Å². The number of hydrogen-bond donors (Lipinski definition) is 0. The molecule has 0 N–H and O–H groups in total. The Hall–Kier alpha value is -0.540. The highest BCUT2D eigenvalue weighted by molar-refractivity contribution is 9.10. The molecule has 2 aliphatic rings. The lowest BCUT2D eigenvalue weighted by molar-refractivity contribution is -0.129. The summed E-state index contributed by atoms with van der Waals surface area (Å²) in [6, 6.07) is 6.24. The lowest BCUT2D eigenvalue weighted by Gasteiger charge is -2.43. The van der Waals surface area contributed by atoms with Gasteiger partial charge in [-0.15, -0.1) is 0 Å². The van der Waals surface area contributed by atoms with E-state index in [9.17, 15) is 0 Å². The van der Waals surface area contributed by atoms with Crippen LogP contribution in [0.5, 0.6) is 5.75 Å². The van der Waals surface area contributed by atoms with Crippen molar-refractivity contribution in [3.63, 3.8) is 0 Å². The van der Waals surface area contributed by atoms with E-state index in [-0.39, 0.29) is 5.60 Å². The molecule has 0 bridgehead atoms. The summed E-state index contributed by atoms with van der Waals surface area (Å²) in [6.45, 7) is 2.95. The molecule has 0 radical (unpaired) electrons. The summed E-state index contributed by atoms with van der Waals surface area (Å²) in [5, 5.41) is 0. The molecule has 1 atom stereocenters. The van der Waals surface area contributed by atoms with E-state index in [0.29, 0.717) is 6.10 Å². The van der Waals surface area contributed by atoms with Crippen LogP contribution in [0.15, 0.2) is 22.7 Å². The van der Waals surface area contributed by atoms with Crippen molar-refractivity contribution in [1.29, 1.82) is 0 Å². The molecule has 110 valence electrons. The number of rotatable bonds is 2. The molecule has 20 heavy (non-hydrogen) atoms. The van der Waals surface area contributed by atoms with Crippen LogP contribution in [0.3, 0.4) is 0 Å². The predicted molar refractivity (Wildman–Crippen MR) is 84.3 cm³/mol. The average molecular weight is 339 g/mol. The summed E-state index contributed by atoms with van der Waals surface area (Å²) in [7, 11) is 0. The molecule has 2 nitrogen and oxygen atoms in total.